The van der Waals surface area contributed by atoms with E-state index in [1.165, 1.54) is 73.3 Å². The third-order valence-corrected chi connectivity index (χ3v) is 27.5. The van der Waals surface area contributed by atoms with E-state index in [9.17, 15) is 28.8 Å². The second-order valence-electron chi connectivity index (χ2n) is 30.7. The Labute approximate surface area is 761 Å². The highest BCUT2D eigenvalue weighted by atomic mass is 32.2. The number of para-hydroxylation sites is 1. The molecule has 29 nitrogen and oxygen atoms in total. The number of morpholine rings is 2. The number of likely N-dealkylation sites (N-methyl/N-ethyl adjacent to an activating group) is 1. The highest BCUT2D eigenvalue weighted by Crippen LogP contribution is 2.49. The van der Waals surface area contributed by atoms with Crippen LogP contribution in [0.5, 0.6) is 17.2 Å². The molecule has 34 heteroatoms. The topological polar surface area (TPSA) is 312 Å². The molecule has 6 aliphatic rings. The quantitative estimate of drug-likeness (QED) is 0.0367. The Morgan fingerprint density at radius 2 is 0.783 bits per heavy atom. The molecule has 6 N–H and O–H groups in total. The van der Waals surface area contributed by atoms with Crippen LogP contribution in [0.15, 0.2) is 269 Å². The molecule has 15 aromatic rings. The number of amides is 9. The number of hydrogen-bond donors (Lipinski definition) is 6. The van der Waals surface area contributed by atoms with Crippen molar-refractivity contribution >= 4 is 193 Å². The van der Waals surface area contributed by atoms with Crippen LogP contribution in [0.4, 0.5) is 83.0 Å². The number of thiophene rings is 3. The first kappa shape index (κ1) is 84.8. The van der Waals surface area contributed by atoms with Gasteiger partial charge in [-0.3, -0.25) is 29.1 Å². The Hall–Kier alpha value is -13.6. The minimum atomic E-state index is -0.417. The van der Waals surface area contributed by atoms with E-state index in [2.05, 4.69) is 125 Å². The summed E-state index contributed by atoms with van der Waals surface area (Å²) in [5.41, 5.74) is 8.51. The molecule has 0 radical (unpaired) electrons. The van der Waals surface area contributed by atoms with Crippen LogP contribution >= 0.6 is 57.5 Å². The summed E-state index contributed by atoms with van der Waals surface area (Å²) in [6.07, 6.45) is 4.26. The molecule has 9 amide bonds. The zero-order valence-corrected chi connectivity index (χ0v) is 73.8. The molecule has 21 rings (SSSR count). The van der Waals surface area contributed by atoms with Crippen LogP contribution in [0.2, 0.25) is 0 Å². The molecule has 6 aliphatic heterocycles. The summed E-state index contributed by atoms with van der Waals surface area (Å²) in [4.78, 5) is 129. The number of anilines is 12. The Kier molecular flexibility index (Phi) is 25.3. The molecule has 0 spiro atoms. The summed E-state index contributed by atoms with van der Waals surface area (Å²) in [7, 11) is 3.77. The normalized spacial score (nSPS) is 15.1. The van der Waals surface area contributed by atoms with Crippen molar-refractivity contribution in [2.45, 2.75) is 39.2 Å². The fourth-order valence-electron chi connectivity index (χ4n) is 15.7. The third-order valence-electron chi connectivity index (χ3n) is 22.1. The average molecular weight is 1810 g/mol. The van der Waals surface area contributed by atoms with Crippen LogP contribution in [-0.4, -0.2) is 178 Å². The number of rotatable bonds is 22. The van der Waals surface area contributed by atoms with Gasteiger partial charge < -0.3 is 55.7 Å². The summed E-state index contributed by atoms with van der Waals surface area (Å²) in [5, 5.41) is 19.7. The standard InChI is InChI=1S/C32H29N7O2S2.C32H28N6O4S2.C31H26N6O4S/c1-37-15-17-38(18-16-37)19-21-7-9-22(10-8-21)35-30(40)28-27-26-29(33-20-34-31(26)43-28)39(32(41)36-27)23-11-13-25(14-12-23)42-24-5-3-2-4-6-24;1-41-25-17-21(8-7-20(25)18-37-13-15-42-16-14-37)35-30(39)28-27-26-29(33-19-34-31(26)44-28)38(32(40)36-27)22-9-11-24(12-10-22)43-23-5-3-2-4-6-23;38-29(34-21-6-4-5-20(17-21)18-36-13-15-40-16-14-36)27-26-25-28(32-19-33-30(25)42-27)37(31(39)35-26)22-9-11-24(12-10-22)41-23-7-2-1-3-8-23/h2-14,20H,15-19H2,1H3,(H,35,40)(H,36,41);2-12,17,19H,13-16,18H2,1H3,(H,35,39)(H,36,40);1-12,17,19H,13-16,18H2,(H,34,38)(H,35,39). The maximum Gasteiger partial charge on any atom is 0.332 e. The maximum absolute atomic E-state index is 13.6. The van der Waals surface area contributed by atoms with Crippen LogP contribution in [0.3, 0.4) is 0 Å². The van der Waals surface area contributed by atoms with E-state index >= 15 is 0 Å². The molecule has 12 heterocycles. The number of hydrogen-bond acceptors (Lipinski definition) is 25. The summed E-state index contributed by atoms with van der Waals surface area (Å²) in [5.74, 6) is 2.38. The van der Waals surface area contributed by atoms with Crippen molar-refractivity contribution in [1.29, 1.82) is 0 Å². The predicted molar refractivity (Wildman–Crippen MR) is 507 cm³/mol. The van der Waals surface area contributed by atoms with Gasteiger partial charge in [-0.05, 0) is 158 Å². The van der Waals surface area contributed by atoms with E-state index in [4.69, 9.17) is 18.9 Å². The van der Waals surface area contributed by atoms with Crippen molar-refractivity contribution < 1.29 is 47.7 Å². The van der Waals surface area contributed by atoms with E-state index in [0.717, 1.165) is 122 Å². The number of methoxy groups -OCH3 is 1. The second kappa shape index (κ2) is 38.5. The number of nitrogens with one attached hydrogen (secondary N) is 6. The number of aromatic nitrogens is 6. The number of carbonyl (C=O) groups excluding carboxylic acids is 6. The van der Waals surface area contributed by atoms with Crippen molar-refractivity contribution in [1.82, 2.24) is 49.5 Å². The number of carbonyl (C=O) groups is 6. The minimum absolute atomic E-state index is 0.299. The lowest BCUT2D eigenvalue weighted by molar-refractivity contribution is 0.0338. The van der Waals surface area contributed by atoms with Gasteiger partial charge in [0.2, 0.25) is 0 Å². The van der Waals surface area contributed by atoms with E-state index in [0.29, 0.717) is 139 Å². The van der Waals surface area contributed by atoms with Crippen molar-refractivity contribution in [3.8, 4) is 17.2 Å². The van der Waals surface area contributed by atoms with Gasteiger partial charge in [-0.2, -0.15) is 0 Å². The van der Waals surface area contributed by atoms with Crippen LogP contribution in [0.1, 0.15) is 45.7 Å². The first-order chi connectivity index (χ1) is 63.2. The van der Waals surface area contributed by atoms with Gasteiger partial charge in [-0.15, -0.1) is 34.0 Å². The Morgan fingerprint density at radius 3 is 1.24 bits per heavy atom. The lowest BCUT2D eigenvalue weighted by Gasteiger charge is -2.32. The summed E-state index contributed by atoms with van der Waals surface area (Å²) >= 11 is 6.97. The Balaban J connectivity index is 0.000000126. The van der Waals surface area contributed by atoms with Gasteiger partial charge in [0.25, 0.3) is 17.7 Å². The van der Waals surface area contributed by atoms with Crippen LogP contribution < -0.4 is 56.1 Å². The lowest BCUT2D eigenvalue weighted by atomic mass is 10.1. The third kappa shape index (κ3) is 19.0. The van der Waals surface area contributed by atoms with Crippen LogP contribution in [0.25, 0.3) is 30.6 Å². The molecule has 0 saturated carbocycles. The zero-order valence-electron chi connectivity index (χ0n) is 69.7. The number of piperazine rings is 1. The molecule has 3 saturated heterocycles. The number of urea groups is 3. The molecular formula is C95H83N19O10S5. The monoisotopic (exact) mass is 1810 g/mol. The molecule has 9 aromatic carbocycles. The molecule has 129 heavy (non-hydrogen) atoms. The van der Waals surface area contributed by atoms with Gasteiger partial charge in [0.1, 0.15) is 65.4 Å². The minimum Gasteiger partial charge on any atom is -0.496 e. The van der Waals surface area contributed by atoms with Gasteiger partial charge in [-0.1, -0.05) is 108 Å². The smallest absolute Gasteiger partial charge is 0.332 e. The molecular weight excluding hydrogens is 1730 g/mol. The summed E-state index contributed by atoms with van der Waals surface area (Å²) in [6.45, 7) is 13.0. The van der Waals surface area contributed by atoms with Crippen molar-refractivity contribution in [3.05, 3.63) is 281 Å². The van der Waals surface area contributed by atoms with Crippen molar-refractivity contribution in [2.24, 2.45) is 0 Å². The number of benzene rings is 9. The predicted octanol–water partition coefficient (Wildman–Crippen LogP) is 19.4. The Morgan fingerprint density at radius 1 is 0.395 bits per heavy atom. The van der Waals surface area contributed by atoms with Gasteiger partial charge in [-0.25, -0.2) is 59.0 Å². The Bertz CT molecular complexity index is 6660. The van der Waals surface area contributed by atoms with E-state index in [-0.39, 0.29) is 23.8 Å². The number of ether oxygens (including phenoxy) is 4. The molecule has 0 aliphatic carbocycles. The van der Waals surface area contributed by atoms with Gasteiger partial charge in [0.05, 0.1) is 83.8 Å². The highest BCUT2D eigenvalue weighted by Gasteiger charge is 2.38. The molecule has 648 valence electrons. The van der Waals surface area contributed by atoms with E-state index in [1.807, 2.05) is 170 Å². The first-order valence-electron chi connectivity index (χ1n) is 41.7. The second-order valence-corrected chi connectivity index (χ2v) is 36.0. The molecule has 0 unspecified atom stereocenters. The zero-order chi connectivity index (χ0) is 87.9. The fraction of sp³-hybridized carbons (Fsp3) is 0.179. The van der Waals surface area contributed by atoms with Crippen LogP contribution in [-0.2, 0) is 29.1 Å². The van der Waals surface area contributed by atoms with Gasteiger partial charge >= 0.3 is 18.1 Å². The fourth-order valence-corrected chi connectivity index (χ4v) is 20.3. The lowest BCUT2D eigenvalue weighted by Crippen LogP contribution is -2.43. The molecule has 3 fully saturated rings. The maximum atomic E-state index is 13.6. The number of nitrogens with zero attached hydrogens (tertiary/aromatic N) is 13. The van der Waals surface area contributed by atoms with Crippen LogP contribution in [0, 0.1) is 0 Å². The van der Waals surface area contributed by atoms with E-state index in [1.54, 1.807) is 54.9 Å². The van der Waals surface area contributed by atoms with Crippen molar-refractivity contribution in [3.63, 3.8) is 0 Å². The highest BCUT2D eigenvalue weighted by molar-refractivity contribution is 7.99. The largest absolute Gasteiger partial charge is 0.496 e. The van der Waals surface area contributed by atoms with Gasteiger partial charge in [0.15, 0.2) is 17.5 Å². The first-order valence-corrected chi connectivity index (χ1v) is 45.7. The summed E-state index contributed by atoms with van der Waals surface area (Å²) in [6, 6.07) is 72.6. The molecule has 0 atom stereocenters. The summed E-state index contributed by atoms with van der Waals surface area (Å²) < 4.78 is 22.4. The van der Waals surface area contributed by atoms with Gasteiger partial charge in [0, 0.05) is 120 Å². The molecule has 0 bridgehead atoms. The molecule has 6 aromatic heterocycles. The van der Waals surface area contributed by atoms with Crippen molar-refractivity contribution in [2.75, 3.05) is 140 Å². The SMILES string of the molecule is CN1CCN(Cc2ccc(NC(=O)c3sc4ncnc5c4c3NC(=O)N5c3ccc(Sc4ccccc4)cc3)cc2)CC1.COc1cc(NC(=O)c2sc3ncnc4c3c2NC(=O)N4c2ccc(Sc3ccccc3)cc2)ccc1CN1CCOCC1.O=C(Nc1cccc(CN2CCOCC2)c1)c1sc2ncnc3c2c1NC(=O)N3c1ccc(Oc2ccccc2)cc1. The van der Waals surface area contributed by atoms with E-state index < -0.39 is 12.1 Å². The average Bonchev–Trinajstić information content (AvgIpc) is 1.60.